The monoisotopic (exact) mass is 452 g/mol. The molecule has 0 aromatic heterocycles. The number of ether oxygens (including phenoxy) is 2. The van der Waals surface area contributed by atoms with Crippen LogP contribution in [-0.2, 0) is 23.9 Å². The van der Waals surface area contributed by atoms with E-state index in [4.69, 9.17) is 9.47 Å². The van der Waals surface area contributed by atoms with Crippen LogP contribution in [0.3, 0.4) is 0 Å². The van der Waals surface area contributed by atoms with E-state index in [9.17, 15) is 19.5 Å². The van der Waals surface area contributed by atoms with Crippen LogP contribution < -0.4 is 5.32 Å². The van der Waals surface area contributed by atoms with Crippen LogP contribution >= 0.6 is 0 Å². The number of hydrogen-bond donors (Lipinski definition) is 2. The van der Waals surface area contributed by atoms with Gasteiger partial charge in [0.1, 0.15) is 17.6 Å². The molecule has 182 valence electrons. The van der Waals surface area contributed by atoms with Gasteiger partial charge in [0, 0.05) is 5.54 Å². The first kappa shape index (κ1) is 25.0. The van der Waals surface area contributed by atoms with Crippen molar-refractivity contribution in [2.75, 3.05) is 13.2 Å². The second kappa shape index (κ2) is 7.97. The molecule has 3 rings (SSSR count). The van der Waals surface area contributed by atoms with Gasteiger partial charge in [-0.05, 0) is 59.3 Å². The highest BCUT2D eigenvalue weighted by Gasteiger charge is 2.78. The van der Waals surface area contributed by atoms with Crippen LogP contribution in [0.1, 0.15) is 74.7 Å². The van der Waals surface area contributed by atoms with Crippen LogP contribution in [0.4, 0.5) is 0 Å². The highest BCUT2D eigenvalue weighted by Crippen LogP contribution is 2.63. The van der Waals surface area contributed by atoms with Gasteiger partial charge >= 0.3 is 5.97 Å². The minimum atomic E-state index is -1.10. The molecule has 3 aliphatic heterocycles. The molecule has 2 bridgehead atoms. The number of aliphatic hydroxyl groups is 1. The molecule has 0 aliphatic carbocycles. The lowest BCUT2D eigenvalue weighted by Crippen LogP contribution is -2.61. The van der Waals surface area contributed by atoms with Crippen molar-refractivity contribution in [1.82, 2.24) is 10.2 Å². The van der Waals surface area contributed by atoms with Gasteiger partial charge in [0.05, 0.1) is 30.8 Å². The number of esters is 1. The Bertz CT molecular complexity index is 790. The van der Waals surface area contributed by atoms with E-state index >= 15 is 0 Å². The molecule has 8 nitrogen and oxygen atoms in total. The van der Waals surface area contributed by atoms with Gasteiger partial charge in [-0.3, -0.25) is 14.4 Å². The van der Waals surface area contributed by atoms with Gasteiger partial charge in [0.15, 0.2) is 0 Å². The van der Waals surface area contributed by atoms with E-state index in [-0.39, 0.29) is 30.4 Å². The molecular weight excluding hydrogens is 412 g/mol. The first-order valence-corrected chi connectivity index (χ1v) is 11.7. The number of carbonyl (C=O) groups excluding carboxylic acids is 3. The van der Waals surface area contributed by atoms with Crippen molar-refractivity contribution in [3.8, 4) is 0 Å². The van der Waals surface area contributed by atoms with E-state index in [1.54, 1.807) is 13.8 Å². The maximum atomic E-state index is 13.8. The van der Waals surface area contributed by atoms with Crippen molar-refractivity contribution in [3.63, 3.8) is 0 Å². The molecule has 0 saturated carbocycles. The minimum Gasteiger partial charge on any atom is -0.466 e. The average Bonchev–Trinajstić information content (AvgIpc) is 3.19. The van der Waals surface area contributed by atoms with Crippen LogP contribution in [0.2, 0.25) is 0 Å². The summed E-state index contributed by atoms with van der Waals surface area (Å²) in [6.45, 7) is 15.5. The molecular formula is C24H40N2O6. The summed E-state index contributed by atoms with van der Waals surface area (Å²) >= 11 is 0. The van der Waals surface area contributed by atoms with Gasteiger partial charge in [-0.15, -0.1) is 0 Å². The van der Waals surface area contributed by atoms with Crippen molar-refractivity contribution in [2.24, 2.45) is 17.3 Å². The van der Waals surface area contributed by atoms with Gasteiger partial charge in [-0.2, -0.15) is 0 Å². The summed E-state index contributed by atoms with van der Waals surface area (Å²) in [6.07, 6.45) is 1.81. The Hall–Kier alpha value is -1.67. The second-order valence-electron chi connectivity index (χ2n) is 11.9. The normalized spacial score (nSPS) is 35.1. The fourth-order valence-electron chi connectivity index (χ4n) is 6.59. The Kier molecular flexibility index (Phi) is 6.22. The fourth-order valence-corrected chi connectivity index (χ4v) is 6.59. The summed E-state index contributed by atoms with van der Waals surface area (Å²) in [4.78, 5) is 41.8. The molecule has 3 saturated heterocycles. The SMILES string of the molecule is CCOC(=O)[C@@H]1[C@H]2C(=O)N([C@H](C)CO)C(C(=O)NC(C)(C)CC(C)(C)C)C23CC[C@@]1(C)O3. The zero-order valence-corrected chi connectivity index (χ0v) is 20.8. The molecule has 2 N–H and O–H groups in total. The molecule has 0 radical (unpaired) electrons. The van der Waals surface area contributed by atoms with E-state index < -0.39 is 46.6 Å². The summed E-state index contributed by atoms with van der Waals surface area (Å²) in [5, 5.41) is 13.0. The maximum absolute atomic E-state index is 13.8. The standard InChI is InChI=1S/C24H40N2O6/c1-9-31-20(30)16-15-19(29)26(14(2)12-27)17(24(15)11-10-23(16,8)32-24)18(28)25-22(6,7)13-21(3,4)5/h14-17,27H,9-13H2,1-8H3,(H,25,28)/t14-,15+,16+,17?,23-,24?/m1/s1. The van der Waals surface area contributed by atoms with Crippen LogP contribution in [0.5, 0.6) is 0 Å². The predicted molar refractivity (Wildman–Crippen MR) is 119 cm³/mol. The van der Waals surface area contributed by atoms with Crippen molar-refractivity contribution < 1.29 is 29.0 Å². The number of nitrogens with one attached hydrogen (secondary N) is 1. The third-order valence-electron chi connectivity index (χ3n) is 7.18. The van der Waals surface area contributed by atoms with Gasteiger partial charge in [-0.25, -0.2) is 0 Å². The minimum absolute atomic E-state index is 0.00797. The summed E-state index contributed by atoms with van der Waals surface area (Å²) in [7, 11) is 0. The smallest absolute Gasteiger partial charge is 0.312 e. The van der Waals surface area contributed by atoms with Crippen molar-refractivity contribution in [1.29, 1.82) is 0 Å². The molecule has 2 unspecified atom stereocenters. The molecule has 6 atom stereocenters. The molecule has 0 aromatic carbocycles. The molecule has 8 heteroatoms. The first-order valence-electron chi connectivity index (χ1n) is 11.7. The highest BCUT2D eigenvalue weighted by molar-refractivity contribution is 5.98. The van der Waals surface area contributed by atoms with E-state index in [1.807, 2.05) is 20.8 Å². The first-order chi connectivity index (χ1) is 14.6. The van der Waals surface area contributed by atoms with Crippen molar-refractivity contribution >= 4 is 17.8 Å². The third kappa shape index (κ3) is 3.94. The second-order valence-corrected chi connectivity index (χ2v) is 11.9. The third-order valence-corrected chi connectivity index (χ3v) is 7.18. The van der Waals surface area contributed by atoms with Gasteiger partial charge in [0.25, 0.3) is 0 Å². The lowest BCUT2D eigenvalue weighted by Gasteiger charge is -2.39. The molecule has 0 aromatic rings. The fraction of sp³-hybridized carbons (Fsp3) is 0.875. The molecule has 3 heterocycles. The number of aliphatic hydroxyl groups excluding tert-OH is 1. The van der Waals surface area contributed by atoms with Crippen LogP contribution in [0.25, 0.3) is 0 Å². The van der Waals surface area contributed by atoms with E-state index in [2.05, 4.69) is 26.1 Å². The van der Waals surface area contributed by atoms with Crippen LogP contribution in [-0.4, -0.2) is 69.8 Å². The highest BCUT2D eigenvalue weighted by atomic mass is 16.6. The van der Waals surface area contributed by atoms with Gasteiger partial charge in [-0.1, -0.05) is 20.8 Å². The molecule has 3 fully saturated rings. The van der Waals surface area contributed by atoms with Gasteiger partial charge in [0.2, 0.25) is 11.8 Å². The van der Waals surface area contributed by atoms with E-state index in [0.717, 1.165) is 6.42 Å². The van der Waals surface area contributed by atoms with Crippen LogP contribution in [0.15, 0.2) is 0 Å². The Morgan fingerprint density at radius 3 is 2.44 bits per heavy atom. The predicted octanol–water partition coefficient (Wildman–Crippen LogP) is 2.03. The number of fused-ring (bicyclic) bond motifs is 1. The van der Waals surface area contributed by atoms with E-state index in [0.29, 0.717) is 12.8 Å². The number of amides is 2. The lowest BCUT2D eigenvalue weighted by molar-refractivity contribution is -0.160. The largest absolute Gasteiger partial charge is 0.466 e. The number of hydrogen-bond acceptors (Lipinski definition) is 6. The van der Waals surface area contributed by atoms with Crippen molar-refractivity contribution in [3.05, 3.63) is 0 Å². The van der Waals surface area contributed by atoms with Crippen molar-refractivity contribution in [2.45, 2.75) is 103 Å². The molecule has 3 aliphatic rings. The number of likely N-dealkylation sites (tertiary alicyclic amines) is 1. The summed E-state index contributed by atoms with van der Waals surface area (Å²) in [6, 6.07) is -1.50. The number of carbonyl (C=O) groups is 3. The lowest BCUT2D eigenvalue weighted by atomic mass is 9.66. The number of nitrogens with zero attached hydrogens (tertiary/aromatic N) is 1. The Morgan fingerprint density at radius 2 is 1.91 bits per heavy atom. The Balaban J connectivity index is 2.02. The Labute approximate surface area is 191 Å². The molecule has 2 amide bonds. The van der Waals surface area contributed by atoms with Gasteiger partial charge < -0.3 is 24.8 Å². The summed E-state index contributed by atoms with van der Waals surface area (Å²) in [5.74, 6) is -2.64. The zero-order valence-electron chi connectivity index (χ0n) is 20.8. The summed E-state index contributed by atoms with van der Waals surface area (Å²) in [5.41, 5.74) is -2.47. The quantitative estimate of drug-likeness (QED) is 0.573. The Morgan fingerprint density at radius 1 is 1.28 bits per heavy atom. The maximum Gasteiger partial charge on any atom is 0.312 e. The topological polar surface area (TPSA) is 105 Å². The average molecular weight is 453 g/mol. The van der Waals surface area contributed by atoms with E-state index in [1.165, 1.54) is 4.90 Å². The number of rotatable bonds is 7. The summed E-state index contributed by atoms with van der Waals surface area (Å²) < 4.78 is 11.8. The zero-order chi connectivity index (χ0) is 24.3. The molecule has 32 heavy (non-hydrogen) atoms. The van der Waals surface area contributed by atoms with Crippen LogP contribution in [0, 0.1) is 17.3 Å². The molecule has 1 spiro atoms.